The van der Waals surface area contributed by atoms with Crippen molar-refractivity contribution in [2.75, 3.05) is 7.11 Å². The Balaban J connectivity index is 1.78. The second-order valence-corrected chi connectivity index (χ2v) is 5.91. The standard InChI is InChI=1S/C16H13ClO2S/c1-18-11-4-2-5-12(8-11)19-10-13-9-14-15(17)6-3-7-16(14)20-13/h2-9H,10H2,1H3. The molecule has 0 radical (unpaired) electrons. The molecule has 0 fully saturated rings. The number of thiophene rings is 1. The van der Waals surface area contributed by atoms with Crippen molar-refractivity contribution in [2.24, 2.45) is 0 Å². The summed E-state index contributed by atoms with van der Waals surface area (Å²) >= 11 is 7.88. The number of halogens is 1. The van der Waals surface area contributed by atoms with Gasteiger partial charge in [-0.05, 0) is 30.3 Å². The summed E-state index contributed by atoms with van der Waals surface area (Å²) < 4.78 is 12.1. The summed E-state index contributed by atoms with van der Waals surface area (Å²) in [5, 5.41) is 1.87. The Bertz CT molecular complexity index is 736. The summed E-state index contributed by atoms with van der Waals surface area (Å²) in [6.07, 6.45) is 0. The topological polar surface area (TPSA) is 18.5 Å². The highest BCUT2D eigenvalue weighted by molar-refractivity contribution is 7.19. The Morgan fingerprint density at radius 2 is 1.85 bits per heavy atom. The number of hydrogen-bond acceptors (Lipinski definition) is 3. The second kappa shape index (κ2) is 5.73. The molecule has 102 valence electrons. The molecule has 0 amide bonds. The van der Waals surface area contributed by atoms with Crippen molar-refractivity contribution in [1.82, 2.24) is 0 Å². The van der Waals surface area contributed by atoms with Crippen LogP contribution in [0.4, 0.5) is 0 Å². The first-order chi connectivity index (χ1) is 9.76. The molecule has 0 atom stereocenters. The molecular weight excluding hydrogens is 292 g/mol. The fourth-order valence-corrected chi connectivity index (χ4v) is 3.28. The highest BCUT2D eigenvalue weighted by atomic mass is 35.5. The monoisotopic (exact) mass is 304 g/mol. The minimum Gasteiger partial charge on any atom is -0.497 e. The zero-order valence-electron chi connectivity index (χ0n) is 10.9. The zero-order chi connectivity index (χ0) is 13.9. The van der Waals surface area contributed by atoms with Crippen LogP contribution < -0.4 is 9.47 Å². The normalized spacial score (nSPS) is 10.7. The quantitative estimate of drug-likeness (QED) is 0.664. The van der Waals surface area contributed by atoms with E-state index in [1.807, 2.05) is 36.4 Å². The lowest BCUT2D eigenvalue weighted by atomic mass is 10.2. The van der Waals surface area contributed by atoms with Gasteiger partial charge in [-0.3, -0.25) is 0 Å². The predicted octanol–water partition coefficient (Wildman–Crippen LogP) is 5.14. The summed E-state index contributed by atoms with van der Waals surface area (Å²) in [4.78, 5) is 1.15. The van der Waals surface area contributed by atoms with Gasteiger partial charge in [-0.1, -0.05) is 23.7 Å². The smallest absolute Gasteiger partial charge is 0.123 e. The summed E-state index contributed by atoms with van der Waals surface area (Å²) in [7, 11) is 1.65. The van der Waals surface area contributed by atoms with Crippen LogP contribution in [0.3, 0.4) is 0 Å². The van der Waals surface area contributed by atoms with Gasteiger partial charge in [0.1, 0.15) is 18.1 Å². The van der Waals surface area contributed by atoms with Gasteiger partial charge in [-0.25, -0.2) is 0 Å². The van der Waals surface area contributed by atoms with Crippen LogP contribution in [-0.2, 0) is 6.61 Å². The van der Waals surface area contributed by atoms with E-state index in [0.29, 0.717) is 6.61 Å². The van der Waals surface area contributed by atoms with Crippen molar-refractivity contribution in [3.63, 3.8) is 0 Å². The van der Waals surface area contributed by atoms with Crippen molar-refractivity contribution in [1.29, 1.82) is 0 Å². The van der Waals surface area contributed by atoms with E-state index in [1.54, 1.807) is 18.4 Å². The van der Waals surface area contributed by atoms with Crippen molar-refractivity contribution in [2.45, 2.75) is 6.61 Å². The van der Waals surface area contributed by atoms with E-state index in [9.17, 15) is 0 Å². The molecule has 0 unspecified atom stereocenters. The SMILES string of the molecule is COc1cccc(OCc2cc3c(Cl)cccc3s2)c1. The molecule has 0 saturated carbocycles. The van der Waals surface area contributed by atoms with Gasteiger partial charge in [0.2, 0.25) is 0 Å². The Hall–Kier alpha value is -1.71. The maximum atomic E-state index is 6.18. The first kappa shape index (κ1) is 13.3. The molecule has 0 N–H and O–H groups in total. The second-order valence-electron chi connectivity index (χ2n) is 4.33. The third-order valence-corrected chi connectivity index (χ3v) is 4.38. The van der Waals surface area contributed by atoms with Gasteiger partial charge in [0.25, 0.3) is 0 Å². The average molecular weight is 305 g/mol. The molecule has 2 nitrogen and oxygen atoms in total. The molecule has 2 aromatic carbocycles. The molecule has 0 aliphatic heterocycles. The zero-order valence-corrected chi connectivity index (χ0v) is 12.5. The third kappa shape index (κ3) is 2.74. The molecule has 0 spiro atoms. The lowest BCUT2D eigenvalue weighted by Gasteiger charge is -2.06. The van der Waals surface area contributed by atoms with Gasteiger partial charge in [0.15, 0.2) is 0 Å². The highest BCUT2D eigenvalue weighted by Gasteiger charge is 2.05. The lowest BCUT2D eigenvalue weighted by molar-refractivity contribution is 0.307. The van der Waals surface area contributed by atoms with Crippen molar-refractivity contribution >= 4 is 33.0 Å². The van der Waals surface area contributed by atoms with E-state index in [1.165, 1.54) is 4.70 Å². The lowest BCUT2D eigenvalue weighted by Crippen LogP contribution is -1.93. The molecule has 20 heavy (non-hydrogen) atoms. The van der Waals surface area contributed by atoms with Crippen molar-refractivity contribution < 1.29 is 9.47 Å². The van der Waals surface area contributed by atoms with E-state index in [4.69, 9.17) is 21.1 Å². The molecule has 1 heterocycles. The van der Waals surface area contributed by atoms with E-state index < -0.39 is 0 Å². The van der Waals surface area contributed by atoms with Gasteiger partial charge in [0.05, 0.1) is 7.11 Å². The van der Waals surface area contributed by atoms with E-state index in [-0.39, 0.29) is 0 Å². The molecule has 1 aromatic heterocycles. The largest absolute Gasteiger partial charge is 0.497 e. The minimum atomic E-state index is 0.531. The van der Waals surface area contributed by atoms with Gasteiger partial charge >= 0.3 is 0 Å². The van der Waals surface area contributed by atoms with Crippen LogP contribution in [0.5, 0.6) is 11.5 Å². The van der Waals surface area contributed by atoms with Crippen LogP contribution in [0, 0.1) is 0 Å². The Morgan fingerprint density at radius 1 is 1.05 bits per heavy atom. The highest BCUT2D eigenvalue weighted by Crippen LogP contribution is 2.31. The van der Waals surface area contributed by atoms with Crippen molar-refractivity contribution in [3.05, 3.63) is 58.4 Å². The summed E-state index contributed by atoms with van der Waals surface area (Å²) in [6.45, 7) is 0.531. The van der Waals surface area contributed by atoms with Crippen LogP contribution in [0.2, 0.25) is 5.02 Å². The molecular formula is C16H13ClO2S. The van der Waals surface area contributed by atoms with E-state index >= 15 is 0 Å². The van der Waals surface area contributed by atoms with Crippen LogP contribution in [0.1, 0.15) is 4.88 Å². The molecule has 4 heteroatoms. The van der Waals surface area contributed by atoms with E-state index in [2.05, 4.69) is 12.1 Å². The molecule has 0 aliphatic carbocycles. The average Bonchev–Trinajstić information content (AvgIpc) is 2.90. The first-order valence-corrected chi connectivity index (χ1v) is 7.39. The fourth-order valence-electron chi connectivity index (χ4n) is 1.99. The van der Waals surface area contributed by atoms with Gasteiger partial charge in [0, 0.05) is 26.1 Å². The predicted molar refractivity (Wildman–Crippen MR) is 84.2 cm³/mol. The summed E-state index contributed by atoms with van der Waals surface area (Å²) in [6, 6.07) is 15.6. The van der Waals surface area contributed by atoms with Gasteiger partial charge < -0.3 is 9.47 Å². The Morgan fingerprint density at radius 3 is 2.65 bits per heavy atom. The molecule has 3 rings (SSSR count). The number of methoxy groups -OCH3 is 1. The Kier molecular flexibility index (Phi) is 3.81. The van der Waals surface area contributed by atoms with E-state index in [0.717, 1.165) is 26.8 Å². The number of ether oxygens (including phenoxy) is 2. The van der Waals surface area contributed by atoms with Crippen LogP contribution in [-0.4, -0.2) is 7.11 Å². The first-order valence-electron chi connectivity index (χ1n) is 6.20. The maximum absolute atomic E-state index is 6.18. The summed E-state index contributed by atoms with van der Waals surface area (Å²) in [5.41, 5.74) is 0. The van der Waals surface area contributed by atoms with Crippen molar-refractivity contribution in [3.8, 4) is 11.5 Å². The molecule has 0 aliphatic rings. The van der Waals surface area contributed by atoms with Gasteiger partial charge in [-0.15, -0.1) is 11.3 Å². The van der Waals surface area contributed by atoms with Gasteiger partial charge in [-0.2, -0.15) is 0 Å². The number of hydrogen-bond donors (Lipinski definition) is 0. The van der Waals surface area contributed by atoms with Crippen LogP contribution in [0.25, 0.3) is 10.1 Å². The molecule has 0 bridgehead atoms. The number of fused-ring (bicyclic) bond motifs is 1. The van der Waals surface area contributed by atoms with Crippen LogP contribution in [0.15, 0.2) is 48.5 Å². The summed E-state index contributed by atoms with van der Waals surface area (Å²) in [5.74, 6) is 1.59. The fraction of sp³-hybridized carbons (Fsp3) is 0.125. The molecule has 0 saturated heterocycles. The number of benzene rings is 2. The molecule has 3 aromatic rings. The Labute approximate surface area is 126 Å². The minimum absolute atomic E-state index is 0.531. The number of rotatable bonds is 4. The maximum Gasteiger partial charge on any atom is 0.123 e. The third-order valence-electron chi connectivity index (χ3n) is 2.98. The van der Waals surface area contributed by atoms with Crippen LogP contribution >= 0.6 is 22.9 Å².